The van der Waals surface area contributed by atoms with E-state index in [1.54, 1.807) is 24.3 Å². The molecule has 0 radical (unpaired) electrons. The van der Waals surface area contributed by atoms with Crippen molar-refractivity contribution in [3.05, 3.63) is 24.3 Å². The molecule has 8 heteroatoms. The molecule has 0 fully saturated rings. The molecule has 1 amide bonds. The molecule has 6 nitrogen and oxygen atoms in total. The van der Waals surface area contributed by atoms with Crippen LogP contribution in [0.5, 0.6) is 0 Å². The van der Waals surface area contributed by atoms with Crippen LogP contribution in [0.15, 0.2) is 24.3 Å². The van der Waals surface area contributed by atoms with Gasteiger partial charge in [-0.15, -0.1) is 0 Å². The molecular weight excluding hydrogens is 312 g/mol. The van der Waals surface area contributed by atoms with Gasteiger partial charge in [-0.05, 0) is 30.7 Å². The SMILES string of the molecule is CS(=O)(=O)CCS(=O)CCCC(=O)Nc1ccc(N)cc1. The highest BCUT2D eigenvalue weighted by Crippen LogP contribution is 2.11. The average Bonchev–Trinajstić information content (AvgIpc) is 2.38. The normalized spacial score (nSPS) is 12.8. The van der Waals surface area contributed by atoms with E-state index in [0.29, 0.717) is 23.5 Å². The third kappa shape index (κ3) is 8.46. The number of anilines is 2. The van der Waals surface area contributed by atoms with Crippen LogP contribution in [0.2, 0.25) is 0 Å². The van der Waals surface area contributed by atoms with Crippen molar-refractivity contribution in [2.75, 3.05) is 34.6 Å². The number of carbonyl (C=O) groups is 1. The summed E-state index contributed by atoms with van der Waals surface area (Å²) in [6.45, 7) is 0. The molecule has 0 heterocycles. The highest BCUT2D eigenvalue weighted by atomic mass is 32.2. The number of amides is 1. The van der Waals surface area contributed by atoms with Crippen molar-refractivity contribution in [1.29, 1.82) is 0 Å². The van der Waals surface area contributed by atoms with Crippen molar-refractivity contribution in [2.24, 2.45) is 0 Å². The number of carbonyl (C=O) groups excluding carboxylic acids is 1. The lowest BCUT2D eigenvalue weighted by molar-refractivity contribution is -0.116. The van der Waals surface area contributed by atoms with E-state index >= 15 is 0 Å². The maximum absolute atomic E-state index is 11.7. The van der Waals surface area contributed by atoms with Crippen LogP contribution >= 0.6 is 0 Å². The van der Waals surface area contributed by atoms with Crippen molar-refractivity contribution in [3.8, 4) is 0 Å². The largest absolute Gasteiger partial charge is 0.399 e. The van der Waals surface area contributed by atoms with Gasteiger partial charge in [0.05, 0.1) is 5.75 Å². The average molecular weight is 332 g/mol. The molecule has 1 unspecified atom stereocenters. The zero-order valence-corrected chi connectivity index (χ0v) is 13.5. The standard InChI is InChI=1S/C13H20N2O4S2/c1-21(18,19)10-9-20(17)8-2-3-13(16)15-12-6-4-11(14)5-7-12/h4-7H,2-3,8-10,14H2,1H3,(H,15,16). The zero-order valence-electron chi connectivity index (χ0n) is 11.9. The van der Waals surface area contributed by atoms with E-state index in [1.807, 2.05) is 0 Å². The number of rotatable bonds is 8. The van der Waals surface area contributed by atoms with E-state index in [0.717, 1.165) is 6.26 Å². The second kappa shape index (κ2) is 8.14. The Morgan fingerprint density at radius 2 is 1.86 bits per heavy atom. The van der Waals surface area contributed by atoms with Gasteiger partial charge in [0.25, 0.3) is 0 Å². The number of nitrogen functional groups attached to an aromatic ring is 1. The van der Waals surface area contributed by atoms with Crippen LogP contribution in [-0.2, 0) is 25.4 Å². The summed E-state index contributed by atoms with van der Waals surface area (Å²) in [5.74, 6) is 0.195. The first-order chi connectivity index (χ1) is 9.76. The Labute approximate surface area is 127 Å². The second-order valence-electron chi connectivity index (χ2n) is 4.75. The number of nitrogens with two attached hydrogens (primary N) is 1. The molecule has 0 saturated heterocycles. The quantitative estimate of drug-likeness (QED) is 0.684. The van der Waals surface area contributed by atoms with Crippen LogP contribution in [-0.4, -0.2) is 42.0 Å². The molecular formula is C13H20N2O4S2. The zero-order chi connectivity index (χ0) is 15.9. The molecule has 0 aromatic heterocycles. The van der Waals surface area contributed by atoms with Crippen molar-refractivity contribution in [1.82, 2.24) is 0 Å². The number of hydrogen-bond acceptors (Lipinski definition) is 5. The van der Waals surface area contributed by atoms with Crippen LogP contribution < -0.4 is 11.1 Å². The first kappa shape index (κ1) is 17.6. The van der Waals surface area contributed by atoms with Crippen LogP contribution in [0.25, 0.3) is 0 Å². The van der Waals surface area contributed by atoms with Gasteiger partial charge in [-0.3, -0.25) is 9.00 Å². The number of hydrogen-bond donors (Lipinski definition) is 2. The minimum atomic E-state index is -3.09. The first-order valence-electron chi connectivity index (χ1n) is 6.44. The molecule has 0 aliphatic heterocycles. The molecule has 0 saturated carbocycles. The maximum atomic E-state index is 11.7. The molecule has 21 heavy (non-hydrogen) atoms. The summed E-state index contributed by atoms with van der Waals surface area (Å²) in [4.78, 5) is 11.7. The molecule has 3 N–H and O–H groups in total. The van der Waals surface area contributed by atoms with Crippen molar-refractivity contribution in [3.63, 3.8) is 0 Å². The van der Waals surface area contributed by atoms with Crippen LogP contribution in [0.1, 0.15) is 12.8 Å². The van der Waals surface area contributed by atoms with Crippen LogP contribution in [0, 0.1) is 0 Å². The van der Waals surface area contributed by atoms with E-state index < -0.39 is 20.6 Å². The van der Waals surface area contributed by atoms with Crippen LogP contribution in [0.4, 0.5) is 11.4 Å². The fourth-order valence-electron chi connectivity index (χ4n) is 1.53. The Hall–Kier alpha value is -1.41. The fraction of sp³-hybridized carbons (Fsp3) is 0.462. The Morgan fingerprint density at radius 1 is 1.24 bits per heavy atom. The minimum absolute atomic E-state index is 0.0861. The molecule has 0 aliphatic carbocycles. The predicted molar refractivity (Wildman–Crippen MR) is 86.3 cm³/mol. The molecule has 0 aliphatic rings. The molecule has 118 valence electrons. The smallest absolute Gasteiger partial charge is 0.224 e. The topological polar surface area (TPSA) is 106 Å². The second-order valence-corrected chi connectivity index (χ2v) is 8.71. The summed E-state index contributed by atoms with van der Waals surface area (Å²) in [7, 11) is -4.30. The maximum Gasteiger partial charge on any atom is 0.224 e. The summed E-state index contributed by atoms with van der Waals surface area (Å²) >= 11 is 0. The predicted octanol–water partition coefficient (Wildman–Crippen LogP) is 0.781. The molecule has 1 rings (SSSR count). The summed E-state index contributed by atoms with van der Waals surface area (Å²) in [6, 6.07) is 6.79. The summed E-state index contributed by atoms with van der Waals surface area (Å²) in [5.41, 5.74) is 6.82. The highest BCUT2D eigenvalue weighted by Gasteiger charge is 2.08. The van der Waals surface area contributed by atoms with Gasteiger partial charge in [0.2, 0.25) is 5.91 Å². The summed E-state index contributed by atoms with van der Waals surface area (Å²) < 4.78 is 33.4. The Bertz CT molecular complexity index is 597. The Balaban J connectivity index is 2.24. The van der Waals surface area contributed by atoms with E-state index in [1.165, 1.54) is 0 Å². The van der Waals surface area contributed by atoms with Crippen molar-refractivity contribution < 1.29 is 17.4 Å². The van der Waals surface area contributed by atoms with Crippen LogP contribution in [0.3, 0.4) is 0 Å². The lowest BCUT2D eigenvalue weighted by Gasteiger charge is -2.05. The fourth-order valence-corrected chi connectivity index (χ4v) is 4.16. The first-order valence-corrected chi connectivity index (χ1v) is 9.99. The highest BCUT2D eigenvalue weighted by molar-refractivity contribution is 7.92. The van der Waals surface area contributed by atoms with Gasteiger partial charge in [-0.25, -0.2) is 8.42 Å². The van der Waals surface area contributed by atoms with Gasteiger partial charge in [0.1, 0.15) is 9.84 Å². The van der Waals surface area contributed by atoms with Crippen molar-refractivity contribution in [2.45, 2.75) is 12.8 Å². The third-order valence-electron chi connectivity index (χ3n) is 2.65. The molecule has 1 aromatic rings. The number of nitrogens with one attached hydrogen (secondary N) is 1. The minimum Gasteiger partial charge on any atom is -0.399 e. The van der Waals surface area contributed by atoms with E-state index in [9.17, 15) is 17.4 Å². The van der Waals surface area contributed by atoms with E-state index in [-0.39, 0.29) is 23.8 Å². The van der Waals surface area contributed by atoms with Gasteiger partial charge >= 0.3 is 0 Å². The van der Waals surface area contributed by atoms with Gasteiger partial charge in [0.15, 0.2) is 0 Å². The Kier molecular flexibility index (Phi) is 6.83. The number of benzene rings is 1. The molecule has 0 bridgehead atoms. The lowest BCUT2D eigenvalue weighted by Crippen LogP contribution is -2.16. The lowest BCUT2D eigenvalue weighted by atomic mass is 10.2. The van der Waals surface area contributed by atoms with Gasteiger partial charge in [-0.2, -0.15) is 0 Å². The van der Waals surface area contributed by atoms with E-state index in [4.69, 9.17) is 5.73 Å². The Morgan fingerprint density at radius 3 is 2.43 bits per heavy atom. The van der Waals surface area contributed by atoms with E-state index in [2.05, 4.69) is 5.32 Å². The monoisotopic (exact) mass is 332 g/mol. The number of sulfone groups is 1. The molecule has 1 atom stereocenters. The third-order valence-corrected chi connectivity index (χ3v) is 5.26. The summed E-state index contributed by atoms with van der Waals surface area (Å²) in [6.07, 6.45) is 1.82. The van der Waals surface area contributed by atoms with Crippen molar-refractivity contribution >= 4 is 37.9 Å². The van der Waals surface area contributed by atoms with Gasteiger partial charge in [0, 0.05) is 46.4 Å². The summed E-state index contributed by atoms with van der Waals surface area (Å²) in [5, 5.41) is 2.71. The molecule has 1 aromatic carbocycles. The molecule has 0 spiro atoms. The van der Waals surface area contributed by atoms with Gasteiger partial charge < -0.3 is 11.1 Å². The van der Waals surface area contributed by atoms with Gasteiger partial charge in [-0.1, -0.05) is 0 Å².